The van der Waals surface area contributed by atoms with Gasteiger partial charge in [0.1, 0.15) is 6.07 Å². The SMILES string of the molecule is COC1(CNC(=O)C(=O)Nc2cc(Cl)ccc2C#N)CCSCC1. The van der Waals surface area contributed by atoms with Crippen molar-refractivity contribution in [2.75, 3.05) is 30.5 Å². The van der Waals surface area contributed by atoms with Gasteiger partial charge >= 0.3 is 11.8 Å². The third-order valence-electron chi connectivity index (χ3n) is 3.96. The number of rotatable bonds is 4. The molecule has 1 fully saturated rings. The van der Waals surface area contributed by atoms with Crippen LogP contribution >= 0.6 is 23.4 Å². The summed E-state index contributed by atoms with van der Waals surface area (Å²) in [5.41, 5.74) is 0.0218. The Hall–Kier alpha value is -1.75. The molecule has 2 N–H and O–H groups in total. The van der Waals surface area contributed by atoms with Crippen LogP contribution in [0.15, 0.2) is 18.2 Å². The lowest BCUT2D eigenvalue weighted by Gasteiger charge is -2.35. The monoisotopic (exact) mass is 367 g/mol. The molecule has 1 aromatic carbocycles. The van der Waals surface area contributed by atoms with Gasteiger partial charge in [-0.15, -0.1) is 0 Å². The second kappa shape index (κ2) is 8.38. The van der Waals surface area contributed by atoms with E-state index in [2.05, 4.69) is 10.6 Å². The molecule has 8 heteroatoms. The van der Waals surface area contributed by atoms with Crippen LogP contribution in [0, 0.1) is 11.3 Å². The van der Waals surface area contributed by atoms with Crippen LogP contribution in [0.4, 0.5) is 5.69 Å². The Kier molecular flexibility index (Phi) is 6.49. The normalized spacial score (nSPS) is 16.0. The second-order valence-electron chi connectivity index (χ2n) is 5.44. The molecule has 1 saturated heterocycles. The van der Waals surface area contributed by atoms with E-state index in [0.717, 1.165) is 24.3 Å². The summed E-state index contributed by atoms with van der Waals surface area (Å²) in [6, 6.07) is 6.39. The van der Waals surface area contributed by atoms with Crippen molar-refractivity contribution in [1.29, 1.82) is 5.26 Å². The van der Waals surface area contributed by atoms with Gasteiger partial charge in [-0.05, 0) is 42.5 Å². The zero-order valence-electron chi connectivity index (χ0n) is 13.2. The molecule has 0 spiro atoms. The first-order chi connectivity index (χ1) is 11.5. The average molecular weight is 368 g/mol. The van der Waals surface area contributed by atoms with Crippen LogP contribution in [0.5, 0.6) is 0 Å². The molecule has 0 bridgehead atoms. The van der Waals surface area contributed by atoms with E-state index < -0.39 is 17.4 Å². The maximum Gasteiger partial charge on any atom is 0.313 e. The molecule has 0 aromatic heterocycles. The van der Waals surface area contributed by atoms with E-state index >= 15 is 0 Å². The Bertz CT molecular complexity index is 669. The van der Waals surface area contributed by atoms with Gasteiger partial charge in [-0.25, -0.2) is 0 Å². The average Bonchev–Trinajstić information content (AvgIpc) is 2.60. The number of thioether (sulfide) groups is 1. The predicted octanol–water partition coefficient (Wildman–Crippen LogP) is 2.18. The predicted molar refractivity (Wildman–Crippen MR) is 94.1 cm³/mol. The van der Waals surface area contributed by atoms with Gasteiger partial charge in [-0.3, -0.25) is 9.59 Å². The van der Waals surface area contributed by atoms with Crippen LogP contribution in [-0.2, 0) is 14.3 Å². The Morgan fingerprint density at radius 3 is 2.71 bits per heavy atom. The smallest absolute Gasteiger partial charge is 0.313 e. The number of benzene rings is 1. The lowest BCUT2D eigenvalue weighted by atomic mass is 9.96. The number of nitrogens with zero attached hydrogens (tertiary/aromatic N) is 1. The number of amides is 2. The maximum atomic E-state index is 12.0. The van der Waals surface area contributed by atoms with Gasteiger partial charge in [0.05, 0.1) is 16.9 Å². The third kappa shape index (κ3) is 4.63. The van der Waals surface area contributed by atoms with Gasteiger partial charge in [0, 0.05) is 18.7 Å². The van der Waals surface area contributed by atoms with Crippen molar-refractivity contribution in [2.45, 2.75) is 18.4 Å². The van der Waals surface area contributed by atoms with Crippen molar-refractivity contribution in [3.63, 3.8) is 0 Å². The van der Waals surface area contributed by atoms with Crippen LogP contribution in [0.3, 0.4) is 0 Å². The van der Waals surface area contributed by atoms with Crippen LogP contribution in [0.25, 0.3) is 0 Å². The molecule has 0 unspecified atom stereocenters. The topological polar surface area (TPSA) is 91.2 Å². The van der Waals surface area contributed by atoms with Gasteiger partial charge in [0.2, 0.25) is 0 Å². The molecule has 1 heterocycles. The number of nitriles is 1. The highest BCUT2D eigenvalue weighted by Gasteiger charge is 2.33. The van der Waals surface area contributed by atoms with E-state index in [1.807, 2.05) is 17.8 Å². The Balaban J connectivity index is 1.96. The van der Waals surface area contributed by atoms with Gasteiger partial charge in [-0.2, -0.15) is 17.0 Å². The first-order valence-electron chi connectivity index (χ1n) is 7.41. The van der Waals surface area contributed by atoms with E-state index in [4.69, 9.17) is 21.6 Å². The van der Waals surface area contributed by atoms with E-state index in [0.29, 0.717) is 5.02 Å². The largest absolute Gasteiger partial charge is 0.376 e. The zero-order chi connectivity index (χ0) is 17.6. The lowest BCUT2D eigenvalue weighted by molar-refractivity contribution is -0.137. The molecule has 0 saturated carbocycles. The fraction of sp³-hybridized carbons (Fsp3) is 0.438. The second-order valence-corrected chi connectivity index (χ2v) is 7.10. The number of carbonyl (C=O) groups excluding carboxylic acids is 2. The number of hydrogen-bond acceptors (Lipinski definition) is 5. The molecule has 0 radical (unpaired) electrons. The van der Waals surface area contributed by atoms with Crippen LogP contribution in [-0.4, -0.2) is 42.6 Å². The Morgan fingerprint density at radius 2 is 2.08 bits per heavy atom. The molecule has 0 atom stereocenters. The van der Waals surface area contributed by atoms with Gasteiger partial charge in [0.25, 0.3) is 0 Å². The van der Waals surface area contributed by atoms with Crippen LogP contribution in [0.2, 0.25) is 5.02 Å². The fourth-order valence-electron chi connectivity index (χ4n) is 2.41. The number of nitrogens with one attached hydrogen (secondary N) is 2. The summed E-state index contributed by atoms with van der Waals surface area (Å²) >= 11 is 7.70. The standard InChI is InChI=1S/C16H18ClN3O3S/c1-23-16(4-6-24-7-5-16)10-19-14(21)15(22)20-13-8-12(17)3-2-11(13)9-18/h2-3,8H,4-7,10H2,1H3,(H,19,21)(H,20,22). The molecule has 6 nitrogen and oxygen atoms in total. The summed E-state index contributed by atoms with van der Waals surface area (Å²) in [5.74, 6) is 0.312. The summed E-state index contributed by atoms with van der Waals surface area (Å²) in [4.78, 5) is 24.1. The quantitative estimate of drug-likeness (QED) is 0.796. The number of ether oxygens (including phenoxy) is 1. The van der Waals surface area contributed by atoms with Gasteiger partial charge in [0.15, 0.2) is 0 Å². The van der Waals surface area contributed by atoms with E-state index in [9.17, 15) is 9.59 Å². The van der Waals surface area contributed by atoms with Crippen molar-refractivity contribution >= 4 is 40.9 Å². The highest BCUT2D eigenvalue weighted by molar-refractivity contribution is 7.99. The molecule has 24 heavy (non-hydrogen) atoms. The lowest BCUT2D eigenvalue weighted by Crippen LogP contribution is -2.49. The molecule has 1 aliphatic heterocycles. The van der Waals surface area contributed by atoms with Gasteiger partial charge < -0.3 is 15.4 Å². The summed E-state index contributed by atoms with van der Waals surface area (Å²) in [7, 11) is 1.62. The van der Waals surface area contributed by atoms with Crippen LogP contribution < -0.4 is 10.6 Å². The minimum absolute atomic E-state index is 0.209. The number of anilines is 1. The molecule has 1 aromatic rings. The number of hydrogen-bond donors (Lipinski definition) is 2. The van der Waals surface area contributed by atoms with E-state index in [1.165, 1.54) is 12.1 Å². The van der Waals surface area contributed by atoms with E-state index in [1.54, 1.807) is 13.2 Å². The van der Waals surface area contributed by atoms with Crippen molar-refractivity contribution < 1.29 is 14.3 Å². The number of carbonyl (C=O) groups is 2. The highest BCUT2D eigenvalue weighted by atomic mass is 35.5. The van der Waals surface area contributed by atoms with Gasteiger partial charge in [-0.1, -0.05) is 11.6 Å². The highest BCUT2D eigenvalue weighted by Crippen LogP contribution is 2.29. The molecule has 0 aliphatic carbocycles. The number of methoxy groups -OCH3 is 1. The summed E-state index contributed by atoms with van der Waals surface area (Å²) in [6.07, 6.45) is 1.64. The summed E-state index contributed by atoms with van der Waals surface area (Å²) in [6.45, 7) is 0.275. The molecular weight excluding hydrogens is 350 g/mol. The molecular formula is C16H18ClN3O3S. The van der Waals surface area contributed by atoms with Crippen LogP contribution in [0.1, 0.15) is 18.4 Å². The minimum atomic E-state index is -0.842. The van der Waals surface area contributed by atoms with Crippen molar-refractivity contribution in [1.82, 2.24) is 5.32 Å². The molecule has 2 amide bonds. The zero-order valence-corrected chi connectivity index (χ0v) is 14.8. The Morgan fingerprint density at radius 1 is 1.38 bits per heavy atom. The maximum absolute atomic E-state index is 12.0. The van der Waals surface area contributed by atoms with Crippen molar-refractivity contribution in [3.05, 3.63) is 28.8 Å². The first kappa shape index (κ1) is 18.6. The van der Waals surface area contributed by atoms with Crippen molar-refractivity contribution in [2.24, 2.45) is 0 Å². The van der Waals surface area contributed by atoms with Crippen molar-refractivity contribution in [3.8, 4) is 6.07 Å². The summed E-state index contributed by atoms with van der Waals surface area (Å²) in [5, 5.41) is 14.4. The Labute approximate surface area is 149 Å². The molecule has 2 rings (SSSR count). The molecule has 1 aliphatic rings. The first-order valence-corrected chi connectivity index (χ1v) is 8.95. The molecule has 128 valence electrons. The fourth-order valence-corrected chi connectivity index (χ4v) is 3.82. The van der Waals surface area contributed by atoms with E-state index in [-0.39, 0.29) is 17.8 Å². The minimum Gasteiger partial charge on any atom is -0.376 e. The summed E-state index contributed by atoms with van der Waals surface area (Å²) < 4.78 is 5.56. The third-order valence-corrected chi connectivity index (χ3v) is 5.19. The number of halogens is 1.